The predicted molar refractivity (Wildman–Crippen MR) is 103 cm³/mol. The second kappa shape index (κ2) is 8.40. The van der Waals surface area contributed by atoms with Gasteiger partial charge in [0.25, 0.3) is 5.56 Å². The molecular formula is C19H21F3N2O3S. The Balaban J connectivity index is 2.46. The number of pyridine rings is 1. The summed E-state index contributed by atoms with van der Waals surface area (Å²) in [7, 11) is 1.50. The van der Waals surface area contributed by atoms with Crippen molar-refractivity contribution in [3.63, 3.8) is 0 Å². The number of ether oxygens (including phenoxy) is 1. The summed E-state index contributed by atoms with van der Waals surface area (Å²) in [6.07, 6.45) is -2.45. The third-order valence-corrected chi connectivity index (χ3v) is 5.09. The summed E-state index contributed by atoms with van der Waals surface area (Å²) in [5.74, 6) is 0.595. The third-order valence-electron chi connectivity index (χ3n) is 3.75. The molecule has 5 nitrogen and oxygen atoms in total. The van der Waals surface area contributed by atoms with Gasteiger partial charge >= 0.3 is 6.18 Å². The van der Waals surface area contributed by atoms with E-state index in [1.54, 1.807) is 45.0 Å². The minimum Gasteiger partial charge on any atom is -0.591 e. The Morgan fingerprint density at radius 1 is 1.21 bits per heavy atom. The van der Waals surface area contributed by atoms with Gasteiger partial charge in [-0.3, -0.25) is 4.79 Å². The summed E-state index contributed by atoms with van der Waals surface area (Å²) in [6.45, 7) is 5.04. The molecule has 0 amide bonds. The molecule has 1 heterocycles. The molecule has 0 fully saturated rings. The first-order valence-corrected chi connectivity index (χ1v) is 9.43. The Labute approximate surface area is 164 Å². The lowest BCUT2D eigenvalue weighted by atomic mass is 10.1. The average molecular weight is 414 g/mol. The van der Waals surface area contributed by atoms with Crippen LogP contribution in [-0.2, 0) is 24.1 Å². The van der Waals surface area contributed by atoms with E-state index in [9.17, 15) is 22.5 Å². The van der Waals surface area contributed by atoms with Crippen LogP contribution < -0.4 is 10.3 Å². The first-order chi connectivity index (χ1) is 12.9. The highest BCUT2D eigenvalue weighted by molar-refractivity contribution is 7.91. The summed E-state index contributed by atoms with van der Waals surface area (Å²) in [4.78, 5) is 12.3. The van der Waals surface area contributed by atoms with E-state index < -0.39 is 33.4 Å². The van der Waals surface area contributed by atoms with Crippen LogP contribution in [0.25, 0.3) is 0 Å². The molecule has 0 aliphatic heterocycles. The molecule has 0 aliphatic carbocycles. The molecule has 0 radical (unpaired) electrons. The van der Waals surface area contributed by atoms with Crippen LogP contribution in [0.2, 0.25) is 0 Å². The van der Waals surface area contributed by atoms with Crippen LogP contribution in [0.15, 0.2) is 45.7 Å². The molecule has 0 saturated carbocycles. The Hall–Kier alpha value is -2.26. The van der Waals surface area contributed by atoms with Crippen LogP contribution in [0.4, 0.5) is 13.2 Å². The lowest BCUT2D eigenvalue weighted by Gasteiger charge is -2.18. The molecular weight excluding hydrogens is 393 g/mol. The van der Waals surface area contributed by atoms with Crippen molar-refractivity contribution in [2.24, 2.45) is 4.40 Å². The SMILES string of the molecule is COc1ccc(Cn2cc(/C=N/[S+]([O-])C(C)(C)C)cc(C(F)(F)F)c2=O)cc1. The normalized spacial score (nSPS) is 13.7. The van der Waals surface area contributed by atoms with E-state index in [0.717, 1.165) is 16.8 Å². The highest BCUT2D eigenvalue weighted by Crippen LogP contribution is 2.27. The first kappa shape index (κ1) is 22.0. The monoisotopic (exact) mass is 414 g/mol. The van der Waals surface area contributed by atoms with Gasteiger partial charge in [-0.05, 0) is 44.5 Å². The fourth-order valence-electron chi connectivity index (χ4n) is 2.24. The molecule has 1 atom stereocenters. The van der Waals surface area contributed by atoms with Crippen molar-refractivity contribution in [2.45, 2.75) is 38.2 Å². The van der Waals surface area contributed by atoms with Gasteiger partial charge in [0.1, 0.15) is 27.4 Å². The van der Waals surface area contributed by atoms with Gasteiger partial charge in [-0.15, -0.1) is 0 Å². The zero-order valence-electron chi connectivity index (χ0n) is 15.9. The quantitative estimate of drug-likeness (QED) is 0.552. The number of benzene rings is 1. The number of halogens is 3. The lowest BCUT2D eigenvalue weighted by Crippen LogP contribution is -2.29. The van der Waals surface area contributed by atoms with E-state index in [2.05, 4.69) is 4.40 Å². The van der Waals surface area contributed by atoms with Crippen molar-refractivity contribution in [3.05, 3.63) is 63.6 Å². The Morgan fingerprint density at radius 2 is 1.82 bits per heavy atom. The summed E-state index contributed by atoms with van der Waals surface area (Å²) < 4.78 is 61.1. The lowest BCUT2D eigenvalue weighted by molar-refractivity contribution is -0.138. The number of nitrogens with zero attached hydrogens (tertiary/aromatic N) is 2. The van der Waals surface area contributed by atoms with Crippen LogP contribution in [0, 0.1) is 0 Å². The van der Waals surface area contributed by atoms with E-state index in [0.29, 0.717) is 11.3 Å². The van der Waals surface area contributed by atoms with Gasteiger partial charge in [0.05, 0.1) is 19.9 Å². The van der Waals surface area contributed by atoms with E-state index in [1.807, 2.05) is 0 Å². The minimum atomic E-state index is -4.81. The smallest absolute Gasteiger partial charge is 0.421 e. The molecule has 0 aliphatic rings. The predicted octanol–water partition coefficient (Wildman–Crippen LogP) is 3.81. The number of rotatable bonds is 5. The van der Waals surface area contributed by atoms with Crippen LogP contribution >= 0.6 is 0 Å². The molecule has 0 spiro atoms. The number of methoxy groups -OCH3 is 1. The van der Waals surface area contributed by atoms with E-state index in [1.165, 1.54) is 13.3 Å². The topological polar surface area (TPSA) is 66.7 Å². The number of hydrogen-bond acceptors (Lipinski definition) is 4. The number of hydrogen-bond donors (Lipinski definition) is 0. The highest BCUT2D eigenvalue weighted by atomic mass is 32.2. The van der Waals surface area contributed by atoms with E-state index >= 15 is 0 Å². The van der Waals surface area contributed by atoms with Crippen molar-refractivity contribution in [3.8, 4) is 5.75 Å². The highest BCUT2D eigenvalue weighted by Gasteiger charge is 2.35. The van der Waals surface area contributed by atoms with Crippen molar-refractivity contribution < 1.29 is 22.5 Å². The van der Waals surface area contributed by atoms with Gasteiger partial charge in [0.15, 0.2) is 0 Å². The maximum absolute atomic E-state index is 13.3. The fraction of sp³-hybridized carbons (Fsp3) is 0.368. The van der Waals surface area contributed by atoms with Crippen LogP contribution in [0.5, 0.6) is 5.75 Å². The summed E-state index contributed by atoms with van der Waals surface area (Å²) in [5, 5.41) is 0. The van der Waals surface area contributed by atoms with Crippen LogP contribution in [0.3, 0.4) is 0 Å². The standard InChI is InChI=1S/C19H21F3N2O3S/c1-18(2,3)28(26)23-10-14-9-16(19(20,21)22)17(25)24(12-14)11-13-5-7-15(27-4)8-6-13/h5-10,12H,11H2,1-4H3/b23-10+. The van der Waals surface area contributed by atoms with Crippen LogP contribution in [0.1, 0.15) is 37.5 Å². The Kier molecular flexibility index (Phi) is 6.61. The van der Waals surface area contributed by atoms with E-state index in [-0.39, 0.29) is 12.1 Å². The van der Waals surface area contributed by atoms with Crippen molar-refractivity contribution in [1.29, 1.82) is 0 Å². The first-order valence-electron chi connectivity index (χ1n) is 8.32. The van der Waals surface area contributed by atoms with E-state index in [4.69, 9.17) is 4.74 Å². The molecule has 1 aromatic carbocycles. The zero-order valence-corrected chi connectivity index (χ0v) is 16.7. The van der Waals surface area contributed by atoms with Crippen molar-refractivity contribution in [1.82, 2.24) is 4.57 Å². The molecule has 9 heteroatoms. The van der Waals surface area contributed by atoms with Crippen molar-refractivity contribution in [2.75, 3.05) is 7.11 Å². The van der Waals surface area contributed by atoms with Crippen LogP contribution in [-0.4, -0.2) is 27.2 Å². The largest absolute Gasteiger partial charge is 0.591 e. The molecule has 28 heavy (non-hydrogen) atoms. The maximum Gasteiger partial charge on any atom is 0.421 e. The molecule has 0 N–H and O–H groups in total. The van der Waals surface area contributed by atoms with Gasteiger partial charge in [-0.1, -0.05) is 16.5 Å². The molecule has 0 bridgehead atoms. The average Bonchev–Trinajstić information content (AvgIpc) is 2.60. The summed E-state index contributed by atoms with van der Waals surface area (Å²) in [6, 6.07) is 7.35. The van der Waals surface area contributed by atoms with Gasteiger partial charge in [-0.25, -0.2) is 0 Å². The summed E-state index contributed by atoms with van der Waals surface area (Å²) >= 11 is -1.63. The minimum absolute atomic E-state index is 0.0398. The molecule has 1 unspecified atom stereocenters. The second-order valence-electron chi connectivity index (χ2n) is 7.06. The molecule has 152 valence electrons. The number of aromatic nitrogens is 1. The van der Waals surface area contributed by atoms with Gasteiger partial charge in [0, 0.05) is 11.8 Å². The maximum atomic E-state index is 13.3. The summed E-state index contributed by atoms with van der Waals surface area (Å²) in [5.41, 5.74) is -1.79. The van der Waals surface area contributed by atoms with Gasteiger partial charge in [-0.2, -0.15) is 13.2 Å². The fourth-order valence-corrected chi connectivity index (χ4v) is 2.78. The zero-order chi connectivity index (χ0) is 21.1. The van der Waals surface area contributed by atoms with Gasteiger partial charge in [0.2, 0.25) is 0 Å². The Morgan fingerprint density at radius 3 is 2.32 bits per heavy atom. The molecule has 0 saturated heterocycles. The van der Waals surface area contributed by atoms with Crippen molar-refractivity contribution >= 4 is 17.6 Å². The Bertz CT molecular complexity index is 901. The third kappa shape index (κ3) is 5.62. The molecule has 1 aromatic heterocycles. The number of alkyl halides is 3. The van der Waals surface area contributed by atoms with Gasteiger partial charge < -0.3 is 13.9 Å². The molecule has 2 rings (SSSR count). The molecule has 2 aromatic rings. The second-order valence-corrected chi connectivity index (χ2v) is 9.00.